The highest BCUT2D eigenvalue weighted by Gasteiger charge is 2.21. The third kappa shape index (κ3) is 3.47. The van der Waals surface area contributed by atoms with Crippen molar-refractivity contribution < 1.29 is 14.1 Å². The summed E-state index contributed by atoms with van der Waals surface area (Å²) in [5.41, 5.74) is 0.599. The van der Waals surface area contributed by atoms with E-state index >= 15 is 0 Å². The van der Waals surface area contributed by atoms with Crippen LogP contribution in [0.5, 0.6) is 0 Å². The van der Waals surface area contributed by atoms with Gasteiger partial charge in [-0.25, -0.2) is 4.39 Å². The van der Waals surface area contributed by atoms with Crippen molar-refractivity contribution in [2.75, 3.05) is 7.05 Å². The maximum atomic E-state index is 13.3. The molecule has 0 fully saturated rings. The molecular formula is C17H12ClFN2O3S. The zero-order valence-electron chi connectivity index (χ0n) is 13.0. The van der Waals surface area contributed by atoms with Crippen LogP contribution in [0.3, 0.4) is 0 Å². The molecule has 3 aromatic rings. The SMILES string of the molecule is CN(Cc1cccc([N+](=O)[O-])c1)C(=O)c1sc2cc(F)ccc2c1Cl. The summed E-state index contributed by atoms with van der Waals surface area (Å²) in [5, 5.41) is 11.8. The molecule has 0 aliphatic rings. The lowest BCUT2D eigenvalue weighted by Gasteiger charge is -2.16. The fraction of sp³-hybridized carbons (Fsp3) is 0.118. The molecule has 0 aliphatic heterocycles. The van der Waals surface area contributed by atoms with E-state index in [1.165, 1.54) is 29.2 Å². The Morgan fingerprint density at radius 3 is 2.80 bits per heavy atom. The van der Waals surface area contributed by atoms with Gasteiger partial charge in [-0.1, -0.05) is 23.7 Å². The first-order valence-corrected chi connectivity index (χ1v) is 8.42. The standard InChI is InChI=1S/C17H12ClFN2O3S/c1-20(9-10-3-2-4-12(7-10)21(23)24)17(22)16-15(18)13-6-5-11(19)8-14(13)25-16/h2-8H,9H2,1H3. The van der Waals surface area contributed by atoms with Gasteiger partial charge in [0.1, 0.15) is 10.7 Å². The molecule has 128 valence electrons. The second kappa shape index (κ2) is 6.78. The van der Waals surface area contributed by atoms with E-state index in [4.69, 9.17) is 11.6 Å². The Morgan fingerprint density at radius 2 is 2.08 bits per heavy atom. The number of fused-ring (bicyclic) bond motifs is 1. The predicted octanol–water partition coefficient (Wildman–Crippen LogP) is 4.87. The van der Waals surface area contributed by atoms with Crippen molar-refractivity contribution >= 4 is 44.6 Å². The van der Waals surface area contributed by atoms with E-state index in [-0.39, 0.29) is 23.2 Å². The molecule has 25 heavy (non-hydrogen) atoms. The largest absolute Gasteiger partial charge is 0.337 e. The lowest BCUT2D eigenvalue weighted by Crippen LogP contribution is -2.25. The molecule has 1 heterocycles. The van der Waals surface area contributed by atoms with Crippen molar-refractivity contribution in [3.05, 3.63) is 73.9 Å². The summed E-state index contributed by atoms with van der Waals surface area (Å²) in [5.74, 6) is -0.715. The summed E-state index contributed by atoms with van der Waals surface area (Å²) in [6.07, 6.45) is 0. The van der Waals surface area contributed by atoms with Crippen molar-refractivity contribution in [3.63, 3.8) is 0 Å². The number of thiophene rings is 1. The minimum atomic E-state index is -0.483. The Balaban J connectivity index is 1.86. The molecule has 1 aromatic heterocycles. The molecule has 0 bridgehead atoms. The first-order chi connectivity index (χ1) is 11.9. The van der Waals surface area contributed by atoms with Gasteiger partial charge in [-0.05, 0) is 23.8 Å². The molecule has 0 N–H and O–H groups in total. The number of carbonyl (C=O) groups excluding carboxylic acids is 1. The average molecular weight is 379 g/mol. The van der Waals surface area contributed by atoms with Crippen LogP contribution >= 0.6 is 22.9 Å². The molecule has 1 amide bonds. The number of amides is 1. The molecule has 0 radical (unpaired) electrons. The lowest BCUT2D eigenvalue weighted by atomic mass is 10.2. The van der Waals surface area contributed by atoms with Gasteiger partial charge in [-0.3, -0.25) is 14.9 Å². The van der Waals surface area contributed by atoms with E-state index in [0.29, 0.717) is 20.5 Å². The van der Waals surface area contributed by atoms with Crippen molar-refractivity contribution in [2.45, 2.75) is 6.54 Å². The van der Waals surface area contributed by atoms with Crippen LogP contribution < -0.4 is 0 Å². The second-order valence-electron chi connectivity index (χ2n) is 5.47. The summed E-state index contributed by atoms with van der Waals surface area (Å²) in [6, 6.07) is 10.3. The van der Waals surface area contributed by atoms with Crippen LogP contribution in [0, 0.1) is 15.9 Å². The van der Waals surface area contributed by atoms with Crippen LogP contribution in [0.25, 0.3) is 10.1 Å². The van der Waals surface area contributed by atoms with Crippen LogP contribution in [-0.2, 0) is 6.54 Å². The molecule has 3 rings (SSSR count). The van der Waals surface area contributed by atoms with Crippen LogP contribution in [0.4, 0.5) is 10.1 Å². The van der Waals surface area contributed by atoms with E-state index in [1.54, 1.807) is 25.2 Å². The molecular weight excluding hydrogens is 367 g/mol. The molecule has 0 spiro atoms. The fourth-order valence-corrected chi connectivity index (χ4v) is 4.00. The van der Waals surface area contributed by atoms with Gasteiger partial charge in [0.2, 0.25) is 0 Å². The second-order valence-corrected chi connectivity index (χ2v) is 6.90. The van der Waals surface area contributed by atoms with Crippen LogP contribution in [0.15, 0.2) is 42.5 Å². The molecule has 5 nitrogen and oxygen atoms in total. The zero-order valence-corrected chi connectivity index (χ0v) is 14.6. The highest BCUT2D eigenvalue weighted by atomic mass is 35.5. The predicted molar refractivity (Wildman–Crippen MR) is 95.7 cm³/mol. The number of rotatable bonds is 4. The molecule has 2 aromatic carbocycles. The normalized spacial score (nSPS) is 10.8. The number of halogens is 2. The topological polar surface area (TPSA) is 63.4 Å². The molecule has 0 atom stereocenters. The van der Waals surface area contributed by atoms with Crippen molar-refractivity contribution in [3.8, 4) is 0 Å². The Hall–Kier alpha value is -2.51. The van der Waals surface area contributed by atoms with Crippen molar-refractivity contribution in [2.24, 2.45) is 0 Å². The number of nitrogens with zero attached hydrogens (tertiary/aromatic N) is 2. The van der Waals surface area contributed by atoms with Crippen LogP contribution in [0.1, 0.15) is 15.2 Å². The van der Waals surface area contributed by atoms with Crippen LogP contribution in [-0.4, -0.2) is 22.8 Å². The van der Waals surface area contributed by atoms with Crippen LogP contribution in [0.2, 0.25) is 5.02 Å². The molecule has 0 aliphatic carbocycles. The third-order valence-electron chi connectivity index (χ3n) is 3.67. The zero-order chi connectivity index (χ0) is 18.1. The fourth-order valence-electron chi connectivity index (χ4n) is 2.46. The highest BCUT2D eigenvalue weighted by Crippen LogP contribution is 2.36. The number of nitro benzene ring substituents is 1. The minimum Gasteiger partial charge on any atom is -0.337 e. The Kier molecular flexibility index (Phi) is 4.69. The maximum Gasteiger partial charge on any atom is 0.269 e. The Labute approximate surface area is 151 Å². The number of benzene rings is 2. The van der Waals surface area contributed by atoms with E-state index in [1.807, 2.05) is 0 Å². The first-order valence-electron chi connectivity index (χ1n) is 7.23. The molecule has 8 heteroatoms. The van der Waals surface area contributed by atoms with E-state index < -0.39 is 10.7 Å². The number of nitro groups is 1. The summed E-state index contributed by atoms with van der Waals surface area (Å²) in [4.78, 5) is 24.8. The van der Waals surface area contributed by atoms with Gasteiger partial charge in [0, 0.05) is 35.8 Å². The van der Waals surface area contributed by atoms with Gasteiger partial charge in [0.25, 0.3) is 11.6 Å². The number of hydrogen-bond acceptors (Lipinski definition) is 4. The summed E-state index contributed by atoms with van der Waals surface area (Å²) < 4.78 is 13.9. The van der Waals surface area contributed by atoms with Gasteiger partial charge in [0.05, 0.1) is 9.95 Å². The number of carbonyl (C=O) groups is 1. The van der Waals surface area contributed by atoms with E-state index in [0.717, 1.165) is 11.3 Å². The smallest absolute Gasteiger partial charge is 0.269 e. The quantitative estimate of drug-likeness (QED) is 0.480. The Morgan fingerprint density at radius 1 is 1.32 bits per heavy atom. The number of hydrogen-bond donors (Lipinski definition) is 0. The van der Waals surface area contributed by atoms with Crippen molar-refractivity contribution in [1.29, 1.82) is 0 Å². The van der Waals surface area contributed by atoms with E-state index in [9.17, 15) is 19.3 Å². The number of non-ortho nitro benzene ring substituents is 1. The average Bonchev–Trinajstić information content (AvgIpc) is 2.90. The van der Waals surface area contributed by atoms with E-state index in [2.05, 4.69) is 0 Å². The van der Waals surface area contributed by atoms with Gasteiger partial charge in [0.15, 0.2) is 0 Å². The highest BCUT2D eigenvalue weighted by molar-refractivity contribution is 7.21. The van der Waals surface area contributed by atoms with Gasteiger partial charge in [-0.15, -0.1) is 11.3 Å². The molecule has 0 unspecified atom stereocenters. The third-order valence-corrected chi connectivity index (χ3v) is 5.32. The molecule has 0 saturated heterocycles. The van der Waals surface area contributed by atoms with Gasteiger partial charge < -0.3 is 4.90 Å². The maximum absolute atomic E-state index is 13.3. The van der Waals surface area contributed by atoms with Crippen molar-refractivity contribution in [1.82, 2.24) is 4.90 Å². The Bertz CT molecular complexity index is 989. The lowest BCUT2D eigenvalue weighted by molar-refractivity contribution is -0.384. The summed E-state index contributed by atoms with van der Waals surface area (Å²) in [6.45, 7) is 0.194. The summed E-state index contributed by atoms with van der Waals surface area (Å²) in [7, 11) is 1.59. The first kappa shape index (κ1) is 17.3. The van der Waals surface area contributed by atoms with Gasteiger partial charge >= 0.3 is 0 Å². The molecule has 0 saturated carbocycles. The minimum absolute atomic E-state index is 0.0336. The summed E-state index contributed by atoms with van der Waals surface area (Å²) >= 11 is 7.39. The monoisotopic (exact) mass is 378 g/mol. The van der Waals surface area contributed by atoms with Gasteiger partial charge in [-0.2, -0.15) is 0 Å².